The van der Waals surface area contributed by atoms with Crippen LogP contribution in [-0.4, -0.2) is 4.98 Å². The van der Waals surface area contributed by atoms with Gasteiger partial charge in [0.15, 0.2) is 0 Å². The molecule has 1 atom stereocenters. The minimum atomic E-state index is -0.0504. The van der Waals surface area contributed by atoms with E-state index >= 15 is 0 Å². The van der Waals surface area contributed by atoms with Crippen molar-refractivity contribution in [1.29, 1.82) is 0 Å². The minimum absolute atomic E-state index is 0.0504. The predicted octanol–water partition coefficient (Wildman–Crippen LogP) is 2.37. The second kappa shape index (κ2) is 3.42. The summed E-state index contributed by atoms with van der Waals surface area (Å²) in [4.78, 5) is 4.14. The highest BCUT2D eigenvalue weighted by molar-refractivity contribution is 6.30. The molecule has 1 aromatic rings. The first-order valence-electron chi connectivity index (χ1n) is 3.91. The standard InChI is InChI=1S/C9H13ClN2/c1-5-4-6(2)12-9(10)8(5)7(3)11/h4,7H,11H2,1-3H3/t7-/m0/s1. The van der Waals surface area contributed by atoms with Gasteiger partial charge in [-0.3, -0.25) is 0 Å². The molecule has 0 spiro atoms. The van der Waals surface area contributed by atoms with Gasteiger partial charge in [0.05, 0.1) is 0 Å². The maximum Gasteiger partial charge on any atom is 0.134 e. The quantitative estimate of drug-likeness (QED) is 0.681. The lowest BCUT2D eigenvalue weighted by molar-refractivity contribution is 0.801. The number of nitrogens with two attached hydrogens (primary N) is 1. The minimum Gasteiger partial charge on any atom is -0.324 e. The third kappa shape index (κ3) is 1.76. The molecule has 3 heteroatoms. The summed E-state index contributed by atoms with van der Waals surface area (Å²) in [6.45, 7) is 5.83. The van der Waals surface area contributed by atoms with Crippen LogP contribution >= 0.6 is 11.6 Å². The van der Waals surface area contributed by atoms with Crippen LogP contribution in [0.2, 0.25) is 5.15 Å². The van der Waals surface area contributed by atoms with E-state index < -0.39 is 0 Å². The number of rotatable bonds is 1. The lowest BCUT2D eigenvalue weighted by Crippen LogP contribution is -2.09. The van der Waals surface area contributed by atoms with E-state index in [-0.39, 0.29) is 6.04 Å². The largest absolute Gasteiger partial charge is 0.324 e. The Labute approximate surface area is 77.8 Å². The monoisotopic (exact) mass is 184 g/mol. The van der Waals surface area contributed by atoms with Crippen molar-refractivity contribution in [1.82, 2.24) is 4.98 Å². The van der Waals surface area contributed by atoms with E-state index in [0.717, 1.165) is 16.8 Å². The molecule has 0 unspecified atom stereocenters. The van der Waals surface area contributed by atoms with Gasteiger partial charge in [0.2, 0.25) is 0 Å². The molecule has 0 aliphatic carbocycles. The summed E-state index contributed by atoms with van der Waals surface area (Å²) in [5.74, 6) is 0. The summed E-state index contributed by atoms with van der Waals surface area (Å²) >= 11 is 5.94. The molecule has 1 heterocycles. The Bertz CT molecular complexity index is 272. The molecule has 12 heavy (non-hydrogen) atoms. The molecule has 0 saturated heterocycles. The zero-order chi connectivity index (χ0) is 9.30. The molecular weight excluding hydrogens is 172 g/mol. The number of aryl methyl sites for hydroxylation is 2. The van der Waals surface area contributed by atoms with Crippen molar-refractivity contribution >= 4 is 11.6 Å². The van der Waals surface area contributed by atoms with Gasteiger partial charge >= 0.3 is 0 Å². The molecule has 1 aromatic heterocycles. The molecule has 2 nitrogen and oxygen atoms in total. The fourth-order valence-electron chi connectivity index (χ4n) is 1.35. The third-order valence-corrected chi connectivity index (χ3v) is 2.09. The predicted molar refractivity (Wildman–Crippen MR) is 51.3 cm³/mol. The second-order valence-corrected chi connectivity index (χ2v) is 3.43. The van der Waals surface area contributed by atoms with Crippen molar-refractivity contribution in [2.24, 2.45) is 5.73 Å². The first kappa shape index (κ1) is 9.49. The molecule has 0 radical (unpaired) electrons. The zero-order valence-electron chi connectivity index (χ0n) is 7.56. The Kier molecular flexibility index (Phi) is 2.70. The molecule has 0 aliphatic rings. The van der Waals surface area contributed by atoms with Crippen LogP contribution in [0.4, 0.5) is 0 Å². The molecular formula is C9H13ClN2. The summed E-state index contributed by atoms with van der Waals surface area (Å²) in [7, 11) is 0. The van der Waals surface area contributed by atoms with Crippen molar-refractivity contribution in [2.45, 2.75) is 26.8 Å². The Hall–Kier alpha value is -0.600. The van der Waals surface area contributed by atoms with Crippen LogP contribution in [0.15, 0.2) is 6.07 Å². The van der Waals surface area contributed by atoms with Crippen LogP contribution in [0.5, 0.6) is 0 Å². The topological polar surface area (TPSA) is 38.9 Å². The van der Waals surface area contributed by atoms with Crippen molar-refractivity contribution in [3.8, 4) is 0 Å². The van der Waals surface area contributed by atoms with Gasteiger partial charge < -0.3 is 5.73 Å². The fraction of sp³-hybridized carbons (Fsp3) is 0.444. The normalized spacial score (nSPS) is 13.1. The van der Waals surface area contributed by atoms with Gasteiger partial charge in [0.25, 0.3) is 0 Å². The van der Waals surface area contributed by atoms with Gasteiger partial charge in [0.1, 0.15) is 5.15 Å². The highest BCUT2D eigenvalue weighted by Crippen LogP contribution is 2.23. The third-order valence-electron chi connectivity index (χ3n) is 1.80. The van der Waals surface area contributed by atoms with E-state index in [1.807, 2.05) is 26.8 Å². The summed E-state index contributed by atoms with van der Waals surface area (Å²) in [6.07, 6.45) is 0. The number of nitrogens with zero attached hydrogens (tertiary/aromatic N) is 1. The van der Waals surface area contributed by atoms with Gasteiger partial charge in [-0.25, -0.2) is 4.98 Å². The smallest absolute Gasteiger partial charge is 0.134 e. The fourth-order valence-corrected chi connectivity index (χ4v) is 1.80. The Balaban J connectivity index is 3.28. The van der Waals surface area contributed by atoms with Crippen molar-refractivity contribution in [3.63, 3.8) is 0 Å². The zero-order valence-corrected chi connectivity index (χ0v) is 8.31. The van der Waals surface area contributed by atoms with Crippen LogP contribution < -0.4 is 5.73 Å². The van der Waals surface area contributed by atoms with Crippen molar-refractivity contribution in [3.05, 3.63) is 28.0 Å². The molecule has 0 fully saturated rings. The van der Waals surface area contributed by atoms with Crippen LogP contribution in [-0.2, 0) is 0 Å². The Morgan fingerprint density at radius 2 is 2.08 bits per heavy atom. The van der Waals surface area contributed by atoms with Crippen LogP contribution in [0.25, 0.3) is 0 Å². The van der Waals surface area contributed by atoms with E-state index in [2.05, 4.69) is 4.98 Å². The molecule has 0 aliphatic heterocycles. The van der Waals surface area contributed by atoms with E-state index in [1.54, 1.807) is 0 Å². The highest BCUT2D eigenvalue weighted by atomic mass is 35.5. The van der Waals surface area contributed by atoms with Gasteiger partial charge in [0, 0.05) is 17.3 Å². The average molecular weight is 185 g/mol. The van der Waals surface area contributed by atoms with E-state index in [9.17, 15) is 0 Å². The highest BCUT2D eigenvalue weighted by Gasteiger charge is 2.09. The Morgan fingerprint density at radius 1 is 1.50 bits per heavy atom. The number of hydrogen-bond acceptors (Lipinski definition) is 2. The van der Waals surface area contributed by atoms with Crippen molar-refractivity contribution in [2.75, 3.05) is 0 Å². The number of halogens is 1. The lowest BCUT2D eigenvalue weighted by Gasteiger charge is -2.11. The maximum atomic E-state index is 5.94. The lowest BCUT2D eigenvalue weighted by atomic mass is 10.1. The molecule has 0 amide bonds. The number of hydrogen-bond donors (Lipinski definition) is 1. The molecule has 0 aromatic carbocycles. The second-order valence-electron chi connectivity index (χ2n) is 3.07. The average Bonchev–Trinajstić information content (AvgIpc) is 1.82. The van der Waals surface area contributed by atoms with Crippen molar-refractivity contribution < 1.29 is 0 Å². The van der Waals surface area contributed by atoms with Crippen LogP contribution in [0.1, 0.15) is 29.8 Å². The number of aromatic nitrogens is 1. The Morgan fingerprint density at radius 3 is 2.50 bits per heavy atom. The van der Waals surface area contributed by atoms with Gasteiger partial charge in [-0.05, 0) is 32.4 Å². The molecule has 0 saturated carbocycles. The molecule has 66 valence electrons. The number of pyridine rings is 1. The molecule has 2 N–H and O–H groups in total. The first-order valence-corrected chi connectivity index (χ1v) is 4.29. The van der Waals surface area contributed by atoms with Crippen LogP contribution in [0, 0.1) is 13.8 Å². The van der Waals surface area contributed by atoms with E-state index in [4.69, 9.17) is 17.3 Å². The van der Waals surface area contributed by atoms with Gasteiger partial charge in [-0.15, -0.1) is 0 Å². The summed E-state index contributed by atoms with van der Waals surface area (Å²) < 4.78 is 0. The van der Waals surface area contributed by atoms with E-state index in [0.29, 0.717) is 5.15 Å². The summed E-state index contributed by atoms with van der Waals surface area (Å²) in [5, 5.41) is 0.530. The first-order chi connectivity index (χ1) is 5.52. The van der Waals surface area contributed by atoms with Gasteiger partial charge in [-0.1, -0.05) is 11.6 Å². The molecule has 0 bridgehead atoms. The van der Waals surface area contributed by atoms with Crippen LogP contribution in [0.3, 0.4) is 0 Å². The summed E-state index contributed by atoms with van der Waals surface area (Å²) in [5.41, 5.74) is 8.73. The maximum absolute atomic E-state index is 5.94. The van der Waals surface area contributed by atoms with Gasteiger partial charge in [-0.2, -0.15) is 0 Å². The SMILES string of the molecule is Cc1cc(C)c([C@H](C)N)c(Cl)n1. The van der Waals surface area contributed by atoms with E-state index in [1.165, 1.54) is 0 Å². The summed E-state index contributed by atoms with van der Waals surface area (Å²) in [6, 6.07) is 1.94. The molecule has 1 rings (SSSR count).